The van der Waals surface area contributed by atoms with E-state index in [4.69, 9.17) is 17.3 Å². The molecule has 0 aliphatic carbocycles. The van der Waals surface area contributed by atoms with Crippen molar-refractivity contribution < 1.29 is 5.11 Å². The molecule has 0 heterocycles. The molecule has 88 valence electrons. The zero-order valence-corrected chi connectivity index (χ0v) is 10.1. The average molecular weight is 248 g/mol. The van der Waals surface area contributed by atoms with Gasteiger partial charge in [-0.2, -0.15) is 0 Å². The molecule has 1 unspecified atom stereocenters. The maximum atomic E-state index is 10.1. The minimum atomic E-state index is -0.533. The number of nitrogen functional groups attached to an aromatic ring is 1. The summed E-state index contributed by atoms with van der Waals surface area (Å²) >= 11 is 5.90. The second-order valence-electron chi connectivity index (χ2n) is 4.02. The molecule has 0 saturated carbocycles. The number of hydrogen-bond acceptors (Lipinski definition) is 2. The summed E-state index contributed by atoms with van der Waals surface area (Å²) in [7, 11) is 0. The van der Waals surface area contributed by atoms with Gasteiger partial charge in [0, 0.05) is 17.1 Å². The number of halogens is 1. The lowest BCUT2D eigenvalue weighted by Crippen LogP contribution is -2.01. The standard InChI is InChI=1S/C14H14ClNO/c15-12-3-1-2-10(8-12)9-14(17)11-4-6-13(16)7-5-11/h1-8,14,17H,9,16H2. The van der Waals surface area contributed by atoms with Crippen LogP contribution >= 0.6 is 11.6 Å². The number of benzene rings is 2. The smallest absolute Gasteiger partial charge is 0.0830 e. The first kappa shape index (κ1) is 12.0. The van der Waals surface area contributed by atoms with Gasteiger partial charge in [0.05, 0.1) is 6.10 Å². The Labute approximate surface area is 106 Å². The second kappa shape index (κ2) is 5.21. The van der Waals surface area contributed by atoms with Crippen LogP contribution in [0.4, 0.5) is 5.69 Å². The summed E-state index contributed by atoms with van der Waals surface area (Å²) in [6.45, 7) is 0. The Morgan fingerprint density at radius 2 is 1.82 bits per heavy atom. The van der Waals surface area contributed by atoms with E-state index in [2.05, 4.69) is 0 Å². The molecule has 0 fully saturated rings. The molecule has 0 aromatic heterocycles. The quantitative estimate of drug-likeness (QED) is 0.819. The molecule has 2 rings (SSSR count). The maximum absolute atomic E-state index is 10.1. The first-order valence-electron chi connectivity index (χ1n) is 5.43. The highest BCUT2D eigenvalue weighted by Gasteiger charge is 2.08. The Kier molecular flexibility index (Phi) is 3.67. The molecule has 2 aromatic rings. The molecular formula is C14H14ClNO. The Balaban J connectivity index is 2.11. The SMILES string of the molecule is Nc1ccc(C(O)Cc2cccc(Cl)c2)cc1. The van der Waals surface area contributed by atoms with Gasteiger partial charge in [0.2, 0.25) is 0 Å². The molecule has 17 heavy (non-hydrogen) atoms. The predicted molar refractivity (Wildman–Crippen MR) is 71.0 cm³/mol. The van der Waals surface area contributed by atoms with Gasteiger partial charge in [-0.15, -0.1) is 0 Å². The first-order chi connectivity index (χ1) is 8.15. The highest BCUT2D eigenvalue weighted by Crippen LogP contribution is 2.21. The largest absolute Gasteiger partial charge is 0.399 e. The molecule has 1 atom stereocenters. The molecule has 2 aromatic carbocycles. The molecule has 3 N–H and O–H groups in total. The van der Waals surface area contributed by atoms with Crippen LogP contribution in [0.5, 0.6) is 0 Å². The normalized spacial score (nSPS) is 12.4. The van der Waals surface area contributed by atoms with Crippen molar-refractivity contribution in [3.05, 3.63) is 64.7 Å². The number of anilines is 1. The Bertz CT molecular complexity index is 496. The van der Waals surface area contributed by atoms with Crippen molar-refractivity contribution in [2.24, 2.45) is 0 Å². The van der Waals surface area contributed by atoms with E-state index in [0.29, 0.717) is 17.1 Å². The van der Waals surface area contributed by atoms with Crippen LogP contribution < -0.4 is 5.73 Å². The predicted octanol–water partition coefficient (Wildman–Crippen LogP) is 3.20. The van der Waals surface area contributed by atoms with Crippen LogP contribution in [-0.4, -0.2) is 5.11 Å². The van der Waals surface area contributed by atoms with Crippen LogP contribution in [0.1, 0.15) is 17.2 Å². The van der Waals surface area contributed by atoms with Gasteiger partial charge >= 0.3 is 0 Å². The molecule has 0 bridgehead atoms. The van der Waals surface area contributed by atoms with E-state index in [1.165, 1.54) is 0 Å². The Morgan fingerprint density at radius 3 is 2.47 bits per heavy atom. The van der Waals surface area contributed by atoms with Gasteiger partial charge in [-0.3, -0.25) is 0 Å². The van der Waals surface area contributed by atoms with Crippen molar-refractivity contribution in [1.29, 1.82) is 0 Å². The van der Waals surface area contributed by atoms with Crippen LogP contribution in [0.3, 0.4) is 0 Å². The Morgan fingerprint density at radius 1 is 1.12 bits per heavy atom. The average Bonchev–Trinajstić information content (AvgIpc) is 2.29. The lowest BCUT2D eigenvalue weighted by Gasteiger charge is -2.11. The van der Waals surface area contributed by atoms with Crippen molar-refractivity contribution >= 4 is 17.3 Å². The third kappa shape index (κ3) is 3.22. The summed E-state index contributed by atoms with van der Waals surface area (Å²) in [5, 5.41) is 10.8. The summed E-state index contributed by atoms with van der Waals surface area (Å²) in [4.78, 5) is 0. The zero-order chi connectivity index (χ0) is 12.3. The monoisotopic (exact) mass is 247 g/mol. The van der Waals surface area contributed by atoms with Gasteiger partial charge < -0.3 is 10.8 Å². The summed E-state index contributed by atoms with van der Waals surface area (Å²) < 4.78 is 0. The number of nitrogens with two attached hydrogens (primary N) is 1. The van der Waals surface area contributed by atoms with E-state index in [1.54, 1.807) is 12.1 Å². The van der Waals surface area contributed by atoms with Gasteiger partial charge in [0.15, 0.2) is 0 Å². The topological polar surface area (TPSA) is 46.2 Å². The van der Waals surface area contributed by atoms with Gasteiger partial charge in [-0.05, 0) is 35.4 Å². The van der Waals surface area contributed by atoms with E-state index in [1.807, 2.05) is 36.4 Å². The molecule has 3 heteroatoms. The molecule has 0 amide bonds. The van der Waals surface area contributed by atoms with Crippen molar-refractivity contribution in [3.63, 3.8) is 0 Å². The number of aliphatic hydroxyl groups is 1. The summed E-state index contributed by atoms with van der Waals surface area (Å²) in [5.74, 6) is 0. The number of aliphatic hydroxyl groups excluding tert-OH is 1. The first-order valence-corrected chi connectivity index (χ1v) is 5.81. The minimum Gasteiger partial charge on any atom is -0.399 e. The van der Waals surface area contributed by atoms with Crippen molar-refractivity contribution in [2.75, 3.05) is 5.73 Å². The summed E-state index contributed by atoms with van der Waals surface area (Å²) in [6.07, 6.45) is 0.0128. The highest BCUT2D eigenvalue weighted by molar-refractivity contribution is 6.30. The van der Waals surface area contributed by atoms with Crippen molar-refractivity contribution in [2.45, 2.75) is 12.5 Å². The summed E-state index contributed by atoms with van der Waals surface area (Å²) in [5.41, 5.74) is 8.17. The fraction of sp³-hybridized carbons (Fsp3) is 0.143. The third-order valence-electron chi connectivity index (χ3n) is 2.64. The van der Waals surface area contributed by atoms with Crippen molar-refractivity contribution in [1.82, 2.24) is 0 Å². The molecule has 0 aliphatic rings. The fourth-order valence-electron chi connectivity index (χ4n) is 1.72. The van der Waals surface area contributed by atoms with E-state index in [0.717, 1.165) is 11.1 Å². The number of hydrogen-bond donors (Lipinski definition) is 2. The van der Waals surface area contributed by atoms with Crippen LogP contribution in [0.2, 0.25) is 5.02 Å². The maximum Gasteiger partial charge on any atom is 0.0830 e. The minimum absolute atomic E-state index is 0.533. The van der Waals surface area contributed by atoms with E-state index in [-0.39, 0.29) is 0 Å². The molecule has 0 spiro atoms. The highest BCUT2D eigenvalue weighted by atomic mass is 35.5. The van der Waals surface area contributed by atoms with Gasteiger partial charge in [-0.25, -0.2) is 0 Å². The molecule has 0 saturated heterocycles. The van der Waals surface area contributed by atoms with Gasteiger partial charge in [-0.1, -0.05) is 35.9 Å². The molecule has 0 aliphatic heterocycles. The second-order valence-corrected chi connectivity index (χ2v) is 4.45. The lowest BCUT2D eigenvalue weighted by molar-refractivity contribution is 0.178. The Hall–Kier alpha value is -1.51. The zero-order valence-electron chi connectivity index (χ0n) is 9.31. The fourth-order valence-corrected chi connectivity index (χ4v) is 1.94. The van der Waals surface area contributed by atoms with Gasteiger partial charge in [0.1, 0.15) is 0 Å². The number of rotatable bonds is 3. The molecule has 0 radical (unpaired) electrons. The van der Waals surface area contributed by atoms with Crippen LogP contribution in [-0.2, 0) is 6.42 Å². The van der Waals surface area contributed by atoms with Crippen LogP contribution in [0.15, 0.2) is 48.5 Å². The van der Waals surface area contributed by atoms with Gasteiger partial charge in [0.25, 0.3) is 0 Å². The van der Waals surface area contributed by atoms with Crippen molar-refractivity contribution in [3.8, 4) is 0 Å². The summed E-state index contributed by atoms with van der Waals surface area (Å²) in [6, 6.07) is 14.8. The van der Waals surface area contributed by atoms with E-state index >= 15 is 0 Å². The van der Waals surface area contributed by atoms with E-state index in [9.17, 15) is 5.11 Å². The molecule has 2 nitrogen and oxygen atoms in total. The third-order valence-corrected chi connectivity index (χ3v) is 2.87. The van der Waals surface area contributed by atoms with Crippen LogP contribution in [0.25, 0.3) is 0 Å². The molecular weight excluding hydrogens is 234 g/mol. The lowest BCUT2D eigenvalue weighted by atomic mass is 10.0. The van der Waals surface area contributed by atoms with Crippen LogP contribution in [0, 0.1) is 0 Å². The van der Waals surface area contributed by atoms with E-state index < -0.39 is 6.10 Å².